The fourth-order valence-corrected chi connectivity index (χ4v) is 2.94. The van der Waals surface area contributed by atoms with E-state index in [1.54, 1.807) is 0 Å². The first-order chi connectivity index (χ1) is 8.32. The molecule has 0 aromatic carbocycles. The van der Waals surface area contributed by atoms with Crippen molar-refractivity contribution in [2.75, 3.05) is 19.7 Å². The lowest BCUT2D eigenvalue weighted by atomic mass is 9.73. The van der Waals surface area contributed by atoms with Crippen LogP contribution in [0.15, 0.2) is 0 Å². The van der Waals surface area contributed by atoms with E-state index in [-0.39, 0.29) is 6.09 Å². The Morgan fingerprint density at radius 3 is 2.33 bits per heavy atom. The van der Waals surface area contributed by atoms with Crippen molar-refractivity contribution in [3.8, 4) is 0 Å². The van der Waals surface area contributed by atoms with Gasteiger partial charge in [-0.15, -0.1) is 0 Å². The first-order valence-corrected chi connectivity index (χ1v) is 6.92. The van der Waals surface area contributed by atoms with Crippen LogP contribution in [0, 0.1) is 5.41 Å². The smallest absolute Gasteiger partial charge is 0.410 e. The Bertz CT molecular complexity index is 313. The Kier molecular flexibility index (Phi) is 3.58. The summed E-state index contributed by atoms with van der Waals surface area (Å²) in [5.74, 6) is 0. The number of rotatable bonds is 0. The highest BCUT2D eigenvalue weighted by Crippen LogP contribution is 2.43. The quantitative estimate of drug-likeness (QED) is 0.668. The highest BCUT2D eigenvalue weighted by Gasteiger charge is 2.44. The monoisotopic (exact) mass is 255 g/mol. The summed E-state index contributed by atoms with van der Waals surface area (Å²) in [5, 5.41) is 0. The lowest BCUT2D eigenvalue weighted by Crippen LogP contribution is -2.47. The average molecular weight is 255 g/mol. The van der Waals surface area contributed by atoms with Gasteiger partial charge < -0.3 is 14.4 Å². The number of nitrogens with zero attached hydrogens (tertiary/aromatic N) is 1. The molecule has 4 heteroatoms. The molecule has 2 rings (SSSR count). The van der Waals surface area contributed by atoms with E-state index in [4.69, 9.17) is 9.47 Å². The van der Waals surface area contributed by atoms with Crippen LogP contribution >= 0.6 is 0 Å². The second kappa shape index (κ2) is 4.72. The van der Waals surface area contributed by atoms with Gasteiger partial charge in [0.25, 0.3) is 0 Å². The number of carbonyl (C=O) groups is 1. The molecule has 2 saturated heterocycles. The molecule has 2 aliphatic heterocycles. The molecule has 1 atom stereocenters. The predicted molar refractivity (Wildman–Crippen MR) is 69.5 cm³/mol. The second-order valence-electron chi connectivity index (χ2n) is 6.59. The molecule has 2 aliphatic rings. The van der Waals surface area contributed by atoms with Crippen molar-refractivity contribution in [3.63, 3.8) is 0 Å². The van der Waals surface area contributed by atoms with Gasteiger partial charge in [0.2, 0.25) is 0 Å². The fourth-order valence-electron chi connectivity index (χ4n) is 2.94. The van der Waals surface area contributed by atoms with Crippen molar-refractivity contribution < 1.29 is 14.3 Å². The van der Waals surface area contributed by atoms with Crippen LogP contribution in [0.25, 0.3) is 0 Å². The molecule has 2 fully saturated rings. The van der Waals surface area contributed by atoms with Gasteiger partial charge in [-0.25, -0.2) is 4.79 Å². The Labute approximate surface area is 110 Å². The van der Waals surface area contributed by atoms with Crippen molar-refractivity contribution in [1.29, 1.82) is 0 Å². The fraction of sp³-hybridized carbons (Fsp3) is 0.929. The largest absolute Gasteiger partial charge is 0.444 e. The Balaban J connectivity index is 1.89. The molecule has 0 aromatic rings. The third kappa shape index (κ3) is 2.79. The summed E-state index contributed by atoms with van der Waals surface area (Å²) in [6.07, 6.45) is 3.36. The van der Waals surface area contributed by atoms with Crippen molar-refractivity contribution in [2.24, 2.45) is 5.41 Å². The summed E-state index contributed by atoms with van der Waals surface area (Å²) in [5.41, 5.74) is -0.103. The van der Waals surface area contributed by atoms with Gasteiger partial charge in [0.15, 0.2) is 0 Å². The van der Waals surface area contributed by atoms with Gasteiger partial charge >= 0.3 is 6.09 Å². The van der Waals surface area contributed by atoms with Crippen LogP contribution in [-0.4, -0.2) is 42.4 Å². The Hall–Kier alpha value is -0.770. The van der Waals surface area contributed by atoms with E-state index in [0.29, 0.717) is 11.5 Å². The van der Waals surface area contributed by atoms with Gasteiger partial charge in [0.1, 0.15) is 5.60 Å². The van der Waals surface area contributed by atoms with Crippen LogP contribution in [0.3, 0.4) is 0 Å². The Morgan fingerprint density at radius 1 is 1.28 bits per heavy atom. The number of piperidine rings is 1. The molecular weight excluding hydrogens is 230 g/mol. The summed E-state index contributed by atoms with van der Waals surface area (Å²) in [6.45, 7) is 10.3. The molecule has 18 heavy (non-hydrogen) atoms. The van der Waals surface area contributed by atoms with Crippen LogP contribution in [0.1, 0.15) is 47.0 Å². The summed E-state index contributed by atoms with van der Waals surface area (Å²) >= 11 is 0. The molecule has 2 heterocycles. The highest BCUT2D eigenvalue weighted by atomic mass is 16.6. The maximum Gasteiger partial charge on any atom is 0.410 e. The van der Waals surface area contributed by atoms with Gasteiger partial charge in [0.05, 0.1) is 6.10 Å². The van der Waals surface area contributed by atoms with E-state index < -0.39 is 5.60 Å². The van der Waals surface area contributed by atoms with Crippen molar-refractivity contribution >= 4 is 6.09 Å². The van der Waals surface area contributed by atoms with E-state index in [1.165, 1.54) is 0 Å². The van der Waals surface area contributed by atoms with Crippen molar-refractivity contribution in [2.45, 2.75) is 58.7 Å². The van der Waals surface area contributed by atoms with Crippen LogP contribution < -0.4 is 0 Å². The number of ether oxygens (including phenoxy) is 2. The maximum absolute atomic E-state index is 12.0. The van der Waals surface area contributed by atoms with Gasteiger partial charge in [-0.3, -0.25) is 0 Å². The van der Waals surface area contributed by atoms with Crippen LogP contribution in [0.5, 0.6) is 0 Å². The molecule has 0 N–H and O–H groups in total. The first-order valence-electron chi connectivity index (χ1n) is 6.92. The number of hydrogen-bond donors (Lipinski definition) is 0. The van der Waals surface area contributed by atoms with Crippen LogP contribution in [0.2, 0.25) is 0 Å². The van der Waals surface area contributed by atoms with Gasteiger partial charge in [-0.05, 0) is 47.0 Å². The molecule has 1 spiro atoms. The molecule has 0 saturated carbocycles. The first kappa shape index (κ1) is 13.7. The summed E-state index contributed by atoms with van der Waals surface area (Å²) in [6, 6.07) is 0. The summed E-state index contributed by atoms with van der Waals surface area (Å²) < 4.78 is 11.1. The third-order valence-corrected chi connectivity index (χ3v) is 4.24. The van der Waals surface area contributed by atoms with Gasteiger partial charge in [0, 0.05) is 25.1 Å². The zero-order valence-electron chi connectivity index (χ0n) is 12.0. The minimum Gasteiger partial charge on any atom is -0.444 e. The van der Waals surface area contributed by atoms with Gasteiger partial charge in [-0.1, -0.05) is 0 Å². The summed E-state index contributed by atoms with van der Waals surface area (Å²) in [7, 11) is 0. The zero-order valence-corrected chi connectivity index (χ0v) is 12.0. The number of likely N-dealkylation sites (tertiary alicyclic amines) is 1. The van der Waals surface area contributed by atoms with E-state index in [2.05, 4.69) is 6.92 Å². The average Bonchev–Trinajstić information content (AvgIpc) is 2.59. The topological polar surface area (TPSA) is 38.8 Å². The molecule has 0 aromatic heterocycles. The summed E-state index contributed by atoms with van der Waals surface area (Å²) in [4.78, 5) is 13.8. The van der Waals surface area contributed by atoms with Crippen LogP contribution in [0.4, 0.5) is 4.79 Å². The Morgan fingerprint density at radius 2 is 1.89 bits per heavy atom. The van der Waals surface area contributed by atoms with Crippen molar-refractivity contribution in [3.05, 3.63) is 0 Å². The van der Waals surface area contributed by atoms with Crippen molar-refractivity contribution in [1.82, 2.24) is 4.90 Å². The number of carbonyl (C=O) groups excluding carboxylic acids is 1. The maximum atomic E-state index is 12.0. The number of amides is 1. The SMILES string of the molecule is CC1OCCC12CCN(C(=O)OC(C)(C)C)CC2. The standard InChI is InChI=1S/C14H25NO3/c1-11-14(7-10-17-11)5-8-15(9-6-14)12(16)18-13(2,3)4/h11H,5-10H2,1-4H3. The molecule has 0 aliphatic carbocycles. The number of hydrogen-bond acceptors (Lipinski definition) is 3. The van der Waals surface area contributed by atoms with Gasteiger partial charge in [-0.2, -0.15) is 0 Å². The zero-order chi connectivity index (χ0) is 13.4. The molecule has 1 amide bonds. The molecule has 1 unspecified atom stereocenters. The normalized spacial score (nSPS) is 27.6. The lowest BCUT2D eigenvalue weighted by Gasteiger charge is -2.41. The van der Waals surface area contributed by atoms with E-state index in [9.17, 15) is 4.79 Å². The molecule has 0 radical (unpaired) electrons. The lowest BCUT2D eigenvalue weighted by molar-refractivity contribution is -0.00603. The molecule has 104 valence electrons. The molecule has 0 bridgehead atoms. The second-order valence-corrected chi connectivity index (χ2v) is 6.59. The predicted octanol–water partition coefficient (Wildman–Crippen LogP) is 2.81. The van der Waals surface area contributed by atoms with E-state index in [0.717, 1.165) is 39.0 Å². The third-order valence-electron chi connectivity index (χ3n) is 4.24. The van der Waals surface area contributed by atoms with E-state index >= 15 is 0 Å². The highest BCUT2D eigenvalue weighted by molar-refractivity contribution is 5.68. The minimum absolute atomic E-state index is 0.177. The molecular formula is C14H25NO3. The van der Waals surface area contributed by atoms with Crippen LogP contribution in [-0.2, 0) is 9.47 Å². The van der Waals surface area contributed by atoms with E-state index in [1.807, 2.05) is 25.7 Å². The molecule has 4 nitrogen and oxygen atoms in total. The minimum atomic E-state index is -0.407.